The smallest absolute Gasteiger partial charge is 0.310 e. The second-order valence-electron chi connectivity index (χ2n) is 4.47. The van der Waals surface area contributed by atoms with Crippen molar-refractivity contribution in [2.45, 2.75) is 25.7 Å². The number of ketones is 1. The number of rotatable bonds is 5. The number of hydrogen-bond donors (Lipinski definition) is 1. The number of Topliss-reactive ketones (excluding diaryl/α,β-unsaturated/α-hetero) is 1. The van der Waals surface area contributed by atoms with Crippen molar-refractivity contribution in [2.24, 2.45) is 0 Å². The minimum Gasteiger partial charge on any atom is -0.496 e. The van der Waals surface area contributed by atoms with Crippen LogP contribution in [0.4, 0.5) is 0 Å². The van der Waals surface area contributed by atoms with E-state index in [2.05, 4.69) is 15.9 Å². The molecule has 1 aromatic carbocycles. The minimum atomic E-state index is -1.11. The van der Waals surface area contributed by atoms with Gasteiger partial charge in [-0.15, -0.1) is 0 Å². The zero-order valence-electron chi connectivity index (χ0n) is 10.5. The van der Waals surface area contributed by atoms with Gasteiger partial charge in [0.05, 0.1) is 11.6 Å². The molecule has 18 heavy (non-hydrogen) atoms. The molecule has 0 amide bonds. The Balaban J connectivity index is 3.08. The molecule has 0 aliphatic carbocycles. The minimum absolute atomic E-state index is 0.327. The van der Waals surface area contributed by atoms with Crippen LogP contribution < -0.4 is 4.74 Å². The molecule has 0 fully saturated rings. The summed E-state index contributed by atoms with van der Waals surface area (Å²) in [6.07, 6.45) is -0.476. The van der Waals surface area contributed by atoms with Gasteiger partial charge >= 0.3 is 5.97 Å². The molecule has 0 heterocycles. The highest BCUT2D eigenvalue weighted by atomic mass is 79.9. The van der Waals surface area contributed by atoms with Crippen LogP contribution in [0.25, 0.3) is 0 Å². The quantitative estimate of drug-likeness (QED) is 0.849. The normalized spacial score (nSPS) is 11.1. The molecule has 0 radical (unpaired) electrons. The summed E-state index contributed by atoms with van der Waals surface area (Å²) < 4.78 is 5.85. The number of benzene rings is 1. The third-order valence-electron chi connectivity index (χ3n) is 2.88. The first-order valence-electron chi connectivity index (χ1n) is 5.38. The maximum atomic E-state index is 11.9. The van der Waals surface area contributed by atoms with E-state index in [1.807, 2.05) is 0 Å². The fourth-order valence-electron chi connectivity index (χ4n) is 1.57. The Morgan fingerprint density at radius 2 is 2.00 bits per heavy atom. The lowest BCUT2D eigenvalue weighted by Crippen LogP contribution is -2.30. The summed E-state index contributed by atoms with van der Waals surface area (Å²) in [6.45, 7) is 3.43. The number of carbonyl (C=O) groups excluding carboxylic acids is 1. The Morgan fingerprint density at radius 3 is 2.44 bits per heavy atom. The molecule has 0 unspecified atom stereocenters. The van der Waals surface area contributed by atoms with Crippen LogP contribution in [0.2, 0.25) is 0 Å². The van der Waals surface area contributed by atoms with Gasteiger partial charge in [0, 0.05) is 5.41 Å². The van der Waals surface area contributed by atoms with Crippen LogP contribution >= 0.6 is 15.9 Å². The van der Waals surface area contributed by atoms with Gasteiger partial charge in [-0.1, -0.05) is 6.07 Å². The van der Waals surface area contributed by atoms with E-state index in [9.17, 15) is 9.59 Å². The van der Waals surface area contributed by atoms with Crippen molar-refractivity contribution >= 4 is 27.7 Å². The summed E-state index contributed by atoms with van der Waals surface area (Å²) in [4.78, 5) is 22.5. The lowest BCUT2D eigenvalue weighted by atomic mass is 9.79. The fourth-order valence-corrected chi connectivity index (χ4v) is 2.12. The first-order chi connectivity index (χ1) is 8.28. The standard InChI is InChI=1S/C13H15BrO4/c1-13(2,11(15)7-12(16)17)8-4-5-10(18-3)9(14)6-8/h4-6H,7H2,1-3H3,(H,16,17). The van der Waals surface area contributed by atoms with Gasteiger partial charge in [0.2, 0.25) is 0 Å². The molecule has 0 atom stereocenters. The number of ether oxygens (including phenoxy) is 1. The van der Waals surface area contributed by atoms with E-state index in [-0.39, 0.29) is 5.78 Å². The molecular weight excluding hydrogens is 300 g/mol. The van der Waals surface area contributed by atoms with E-state index in [1.54, 1.807) is 39.2 Å². The lowest BCUT2D eigenvalue weighted by molar-refractivity contribution is -0.141. The van der Waals surface area contributed by atoms with Crippen LogP contribution in [0.1, 0.15) is 25.8 Å². The molecule has 1 rings (SSSR count). The van der Waals surface area contributed by atoms with Gasteiger partial charge in [-0.2, -0.15) is 0 Å². The fraction of sp³-hybridized carbons (Fsp3) is 0.385. The average Bonchev–Trinajstić information content (AvgIpc) is 2.27. The number of halogens is 1. The Bertz CT molecular complexity index is 480. The molecule has 5 heteroatoms. The third-order valence-corrected chi connectivity index (χ3v) is 3.50. The Morgan fingerprint density at radius 1 is 1.39 bits per heavy atom. The largest absolute Gasteiger partial charge is 0.496 e. The van der Waals surface area contributed by atoms with Gasteiger partial charge in [-0.25, -0.2) is 0 Å². The van der Waals surface area contributed by atoms with Crippen LogP contribution in [0, 0.1) is 0 Å². The summed E-state index contributed by atoms with van der Waals surface area (Å²) in [5, 5.41) is 8.68. The van der Waals surface area contributed by atoms with E-state index in [0.717, 1.165) is 10.0 Å². The Kier molecular flexibility index (Phi) is 4.51. The van der Waals surface area contributed by atoms with Crippen molar-refractivity contribution in [1.29, 1.82) is 0 Å². The van der Waals surface area contributed by atoms with Gasteiger partial charge in [0.1, 0.15) is 12.2 Å². The van der Waals surface area contributed by atoms with E-state index in [1.165, 1.54) is 0 Å². The third kappa shape index (κ3) is 3.10. The first kappa shape index (κ1) is 14.7. The van der Waals surface area contributed by atoms with E-state index in [4.69, 9.17) is 9.84 Å². The molecule has 0 aromatic heterocycles. The van der Waals surface area contributed by atoms with Gasteiger partial charge in [0.25, 0.3) is 0 Å². The van der Waals surface area contributed by atoms with Crippen LogP contribution in [0.5, 0.6) is 5.75 Å². The van der Waals surface area contributed by atoms with Crippen molar-refractivity contribution in [2.75, 3.05) is 7.11 Å². The Hall–Kier alpha value is -1.36. The van der Waals surface area contributed by atoms with Crippen LogP contribution in [-0.2, 0) is 15.0 Å². The maximum Gasteiger partial charge on any atom is 0.310 e. The molecule has 4 nitrogen and oxygen atoms in total. The topological polar surface area (TPSA) is 63.6 Å². The number of aliphatic carboxylic acids is 1. The second kappa shape index (κ2) is 5.52. The van der Waals surface area contributed by atoms with Crippen LogP contribution in [0.3, 0.4) is 0 Å². The van der Waals surface area contributed by atoms with Crippen molar-refractivity contribution in [3.05, 3.63) is 28.2 Å². The zero-order chi connectivity index (χ0) is 13.9. The highest BCUT2D eigenvalue weighted by Gasteiger charge is 2.31. The predicted molar refractivity (Wildman–Crippen MR) is 71.0 cm³/mol. The molecule has 0 aliphatic heterocycles. The molecule has 0 saturated heterocycles. The first-order valence-corrected chi connectivity index (χ1v) is 6.17. The van der Waals surface area contributed by atoms with E-state index >= 15 is 0 Å². The number of methoxy groups -OCH3 is 1. The van der Waals surface area contributed by atoms with Gasteiger partial charge in [0.15, 0.2) is 5.78 Å². The number of carbonyl (C=O) groups is 2. The SMILES string of the molecule is COc1ccc(C(C)(C)C(=O)CC(=O)O)cc1Br. The Labute approximate surface area is 114 Å². The molecule has 1 aromatic rings. The van der Waals surface area contributed by atoms with E-state index in [0.29, 0.717) is 5.75 Å². The number of carboxylic acid groups (broad SMARTS) is 1. The zero-order valence-corrected chi connectivity index (χ0v) is 12.1. The highest BCUT2D eigenvalue weighted by Crippen LogP contribution is 2.32. The summed E-state index contributed by atoms with van der Waals surface area (Å²) in [5.74, 6) is -0.770. The summed E-state index contributed by atoms with van der Waals surface area (Å²) in [6, 6.07) is 5.29. The molecular formula is C13H15BrO4. The van der Waals surface area contributed by atoms with Gasteiger partial charge in [-0.05, 0) is 47.5 Å². The lowest BCUT2D eigenvalue weighted by Gasteiger charge is -2.23. The summed E-state index contributed by atoms with van der Waals surface area (Å²) in [5.41, 5.74) is -0.0888. The average molecular weight is 315 g/mol. The van der Waals surface area contributed by atoms with Crippen molar-refractivity contribution in [3.8, 4) is 5.75 Å². The molecule has 1 N–H and O–H groups in total. The van der Waals surface area contributed by atoms with E-state index < -0.39 is 17.8 Å². The van der Waals surface area contributed by atoms with Crippen LogP contribution in [0.15, 0.2) is 22.7 Å². The number of hydrogen-bond acceptors (Lipinski definition) is 3. The predicted octanol–water partition coefficient (Wildman–Crippen LogP) is 2.78. The molecule has 0 bridgehead atoms. The summed E-state index contributed by atoms with van der Waals surface area (Å²) in [7, 11) is 1.56. The van der Waals surface area contributed by atoms with Gasteiger partial charge in [-0.3, -0.25) is 9.59 Å². The maximum absolute atomic E-state index is 11.9. The second-order valence-corrected chi connectivity index (χ2v) is 5.32. The van der Waals surface area contributed by atoms with Crippen molar-refractivity contribution < 1.29 is 19.4 Å². The molecule has 0 spiro atoms. The number of carboxylic acids is 1. The monoisotopic (exact) mass is 314 g/mol. The van der Waals surface area contributed by atoms with Gasteiger partial charge < -0.3 is 9.84 Å². The van der Waals surface area contributed by atoms with Crippen molar-refractivity contribution in [3.63, 3.8) is 0 Å². The summed E-state index contributed by atoms with van der Waals surface area (Å²) >= 11 is 3.35. The molecule has 98 valence electrons. The van der Waals surface area contributed by atoms with Crippen LogP contribution in [-0.4, -0.2) is 24.0 Å². The molecule has 0 aliphatic rings. The highest BCUT2D eigenvalue weighted by molar-refractivity contribution is 9.10. The van der Waals surface area contributed by atoms with Crippen molar-refractivity contribution in [1.82, 2.24) is 0 Å². The molecule has 0 saturated carbocycles.